The topological polar surface area (TPSA) is 74.6 Å². The van der Waals surface area contributed by atoms with Crippen LogP contribution < -0.4 is 0 Å². The number of hydrogen-bond donors (Lipinski definition) is 2. The normalized spacial score (nSPS) is 10.6. The summed E-state index contributed by atoms with van der Waals surface area (Å²) in [5.74, 6) is -2.22. The third-order valence-electron chi connectivity index (χ3n) is 3.00. The van der Waals surface area contributed by atoms with E-state index in [0.717, 1.165) is 5.56 Å². The Bertz CT molecular complexity index is 671. The van der Waals surface area contributed by atoms with E-state index in [4.69, 9.17) is 5.11 Å². The zero-order chi connectivity index (χ0) is 13.4. The Balaban J connectivity index is 2.97. The van der Waals surface area contributed by atoms with Crippen LogP contribution in [0, 0.1) is 13.8 Å². The van der Waals surface area contributed by atoms with Gasteiger partial charge in [0.2, 0.25) is 0 Å². The van der Waals surface area contributed by atoms with Crippen LogP contribution in [-0.2, 0) is 0 Å². The van der Waals surface area contributed by atoms with E-state index < -0.39 is 11.9 Å². The molecule has 92 valence electrons. The molecule has 0 bridgehead atoms. The van der Waals surface area contributed by atoms with Gasteiger partial charge in [0.25, 0.3) is 0 Å². The fourth-order valence-corrected chi connectivity index (χ4v) is 2.11. The smallest absolute Gasteiger partial charge is 0.336 e. The zero-order valence-corrected chi connectivity index (χ0v) is 10.0. The SMILES string of the molecule is Cc1ccc2cc(C(=O)O)c(C)c(C(=O)O)c2c1. The molecule has 0 unspecified atom stereocenters. The first-order chi connectivity index (χ1) is 8.41. The second-order valence-corrected chi connectivity index (χ2v) is 4.26. The summed E-state index contributed by atoms with van der Waals surface area (Å²) in [6.45, 7) is 3.39. The van der Waals surface area contributed by atoms with Gasteiger partial charge in [-0.1, -0.05) is 23.8 Å². The third-order valence-corrected chi connectivity index (χ3v) is 3.00. The predicted molar refractivity (Wildman–Crippen MR) is 67.3 cm³/mol. The average Bonchev–Trinajstić information content (AvgIpc) is 2.26. The van der Waals surface area contributed by atoms with Gasteiger partial charge in [-0.3, -0.25) is 0 Å². The highest BCUT2D eigenvalue weighted by Gasteiger charge is 2.19. The van der Waals surface area contributed by atoms with Crippen LogP contribution >= 0.6 is 0 Å². The molecule has 0 amide bonds. The fraction of sp³-hybridized carbons (Fsp3) is 0.143. The molecule has 4 nitrogen and oxygen atoms in total. The molecule has 0 aliphatic rings. The number of rotatable bonds is 2. The molecule has 0 saturated carbocycles. The van der Waals surface area contributed by atoms with Crippen molar-refractivity contribution in [1.29, 1.82) is 0 Å². The summed E-state index contributed by atoms with van der Waals surface area (Å²) in [6, 6.07) is 6.84. The van der Waals surface area contributed by atoms with Crippen molar-refractivity contribution in [3.63, 3.8) is 0 Å². The highest BCUT2D eigenvalue weighted by atomic mass is 16.4. The van der Waals surface area contributed by atoms with Crippen LogP contribution in [0.3, 0.4) is 0 Å². The van der Waals surface area contributed by atoms with Crippen LogP contribution in [0.4, 0.5) is 0 Å². The van der Waals surface area contributed by atoms with Crippen molar-refractivity contribution >= 4 is 22.7 Å². The van der Waals surface area contributed by atoms with E-state index in [1.54, 1.807) is 12.1 Å². The molecule has 0 saturated heterocycles. The molecule has 0 fully saturated rings. The summed E-state index contributed by atoms with van der Waals surface area (Å²) < 4.78 is 0. The number of hydrogen-bond acceptors (Lipinski definition) is 2. The molecule has 2 aromatic rings. The van der Waals surface area contributed by atoms with Gasteiger partial charge in [-0.2, -0.15) is 0 Å². The van der Waals surface area contributed by atoms with Crippen molar-refractivity contribution in [2.45, 2.75) is 13.8 Å². The Morgan fingerprint density at radius 3 is 2.22 bits per heavy atom. The molecular weight excluding hydrogens is 232 g/mol. The van der Waals surface area contributed by atoms with Gasteiger partial charge in [-0.25, -0.2) is 9.59 Å². The van der Waals surface area contributed by atoms with E-state index >= 15 is 0 Å². The first-order valence-electron chi connectivity index (χ1n) is 5.42. The summed E-state index contributed by atoms with van der Waals surface area (Å²) in [5, 5.41) is 19.6. The molecule has 0 aliphatic heterocycles. The summed E-state index contributed by atoms with van der Waals surface area (Å²) in [7, 11) is 0. The van der Waals surface area contributed by atoms with Gasteiger partial charge in [-0.05, 0) is 36.2 Å². The molecule has 0 heterocycles. The standard InChI is InChI=1S/C14H12O4/c1-7-3-4-9-6-10(13(15)16)8(2)12(14(17)18)11(9)5-7/h3-6H,1-2H3,(H,15,16)(H,17,18). The quantitative estimate of drug-likeness (QED) is 0.851. The van der Waals surface area contributed by atoms with Gasteiger partial charge in [0.05, 0.1) is 11.1 Å². The Kier molecular flexibility index (Phi) is 2.79. The van der Waals surface area contributed by atoms with Crippen LogP contribution in [-0.4, -0.2) is 22.2 Å². The number of carboxylic acids is 2. The molecule has 0 atom stereocenters. The Hall–Kier alpha value is -2.36. The third kappa shape index (κ3) is 1.82. The summed E-state index contributed by atoms with van der Waals surface area (Å²) >= 11 is 0. The monoisotopic (exact) mass is 244 g/mol. The van der Waals surface area contributed by atoms with Gasteiger partial charge in [-0.15, -0.1) is 0 Å². The molecule has 18 heavy (non-hydrogen) atoms. The lowest BCUT2D eigenvalue weighted by atomic mass is 9.94. The van der Waals surface area contributed by atoms with Gasteiger partial charge in [0.1, 0.15) is 0 Å². The molecule has 0 aromatic heterocycles. The number of aromatic carboxylic acids is 2. The fourth-order valence-electron chi connectivity index (χ4n) is 2.11. The minimum Gasteiger partial charge on any atom is -0.478 e. The predicted octanol–water partition coefficient (Wildman–Crippen LogP) is 2.85. The minimum absolute atomic E-state index is 0.0313. The first-order valence-corrected chi connectivity index (χ1v) is 5.42. The van der Waals surface area contributed by atoms with Crippen LogP contribution in [0.25, 0.3) is 10.8 Å². The van der Waals surface area contributed by atoms with Gasteiger partial charge in [0, 0.05) is 0 Å². The summed E-state index contributed by atoms with van der Waals surface area (Å²) in [6.07, 6.45) is 0. The van der Waals surface area contributed by atoms with E-state index in [0.29, 0.717) is 10.8 Å². The van der Waals surface area contributed by atoms with Crippen LogP contribution in [0.15, 0.2) is 24.3 Å². The van der Waals surface area contributed by atoms with Crippen LogP contribution in [0.1, 0.15) is 31.8 Å². The first kappa shape index (κ1) is 12.1. The van der Waals surface area contributed by atoms with E-state index in [-0.39, 0.29) is 16.7 Å². The van der Waals surface area contributed by atoms with Crippen molar-refractivity contribution < 1.29 is 19.8 Å². The highest BCUT2D eigenvalue weighted by molar-refractivity contribution is 6.09. The van der Waals surface area contributed by atoms with Crippen molar-refractivity contribution in [2.75, 3.05) is 0 Å². The maximum atomic E-state index is 11.3. The Morgan fingerprint density at radius 2 is 1.67 bits per heavy atom. The molecule has 0 radical (unpaired) electrons. The molecule has 0 spiro atoms. The average molecular weight is 244 g/mol. The van der Waals surface area contributed by atoms with Gasteiger partial charge < -0.3 is 10.2 Å². The minimum atomic E-state index is -1.11. The lowest BCUT2D eigenvalue weighted by Crippen LogP contribution is -2.08. The second-order valence-electron chi connectivity index (χ2n) is 4.26. The van der Waals surface area contributed by atoms with E-state index in [9.17, 15) is 14.7 Å². The number of carbonyl (C=O) groups is 2. The van der Waals surface area contributed by atoms with Crippen molar-refractivity contribution in [2.24, 2.45) is 0 Å². The number of benzene rings is 2. The molecule has 4 heteroatoms. The van der Waals surface area contributed by atoms with E-state index in [2.05, 4.69) is 0 Å². The molecule has 2 rings (SSSR count). The van der Waals surface area contributed by atoms with Crippen molar-refractivity contribution in [1.82, 2.24) is 0 Å². The molecular formula is C14H12O4. The van der Waals surface area contributed by atoms with E-state index in [1.165, 1.54) is 13.0 Å². The molecule has 2 aromatic carbocycles. The maximum absolute atomic E-state index is 11.3. The van der Waals surface area contributed by atoms with Gasteiger partial charge >= 0.3 is 11.9 Å². The summed E-state index contributed by atoms with van der Waals surface area (Å²) in [4.78, 5) is 22.4. The Labute approximate surface area is 103 Å². The lowest BCUT2D eigenvalue weighted by molar-refractivity contribution is 0.0696. The Morgan fingerprint density at radius 1 is 1.00 bits per heavy atom. The zero-order valence-electron chi connectivity index (χ0n) is 10.0. The largest absolute Gasteiger partial charge is 0.478 e. The maximum Gasteiger partial charge on any atom is 0.336 e. The van der Waals surface area contributed by atoms with Crippen molar-refractivity contribution in [3.05, 3.63) is 46.5 Å². The number of aryl methyl sites for hydroxylation is 1. The summed E-state index contributed by atoms with van der Waals surface area (Å²) in [5.41, 5.74) is 1.32. The lowest BCUT2D eigenvalue weighted by Gasteiger charge is -2.10. The number of fused-ring (bicyclic) bond motifs is 1. The molecule has 2 N–H and O–H groups in total. The van der Waals surface area contributed by atoms with Gasteiger partial charge in [0.15, 0.2) is 0 Å². The number of carboxylic acid groups (broad SMARTS) is 2. The molecule has 0 aliphatic carbocycles. The second kappa shape index (κ2) is 4.14. The van der Waals surface area contributed by atoms with Crippen molar-refractivity contribution in [3.8, 4) is 0 Å². The van der Waals surface area contributed by atoms with E-state index in [1.807, 2.05) is 13.0 Å². The van der Waals surface area contributed by atoms with Crippen LogP contribution in [0.2, 0.25) is 0 Å². The van der Waals surface area contributed by atoms with Crippen LogP contribution in [0.5, 0.6) is 0 Å². The highest BCUT2D eigenvalue weighted by Crippen LogP contribution is 2.26.